The van der Waals surface area contributed by atoms with Gasteiger partial charge in [-0.05, 0) is 38.2 Å². The van der Waals surface area contributed by atoms with Gasteiger partial charge in [0.15, 0.2) is 11.5 Å². The molecule has 7 heteroatoms. The molecule has 0 saturated heterocycles. The van der Waals surface area contributed by atoms with E-state index in [0.717, 1.165) is 41.9 Å². The summed E-state index contributed by atoms with van der Waals surface area (Å²) in [5.41, 5.74) is 10.6. The van der Waals surface area contributed by atoms with Crippen molar-refractivity contribution in [2.75, 3.05) is 11.1 Å². The lowest BCUT2D eigenvalue weighted by Gasteiger charge is -2.25. The van der Waals surface area contributed by atoms with E-state index in [2.05, 4.69) is 31.9 Å². The van der Waals surface area contributed by atoms with E-state index in [4.69, 9.17) is 5.73 Å². The number of aromatic nitrogens is 5. The minimum atomic E-state index is 0.367. The second-order valence-electron chi connectivity index (χ2n) is 6.64. The zero-order valence-corrected chi connectivity index (χ0v) is 14.2. The number of nitrogens with one attached hydrogen (secondary N) is 1. The summed E-state index contributed by atoms with van der Waals surface area (Å²) in [7, 11) is 0. The maximum atomic E-state index is 6.12. The van der Waals surface area contributed by atoms with Gasteiger partial charge in [0, 0.05) is 24.5 Å². The van der Waals surface area contributed by atoms with Gasteiger partial charge in [0.05, 0.1) is 11.3 Å². The Morgan fingerprint density at radius 2 is 2.20 bits per heavy atom. The van der Waals surface area contributed by atoms with Crippen molar-refractivity contribution in [2.24, 2.45) is 0 Å². The van der Waals surface area contributed by atoms with Crippen molar-refractivity contribution in [3.8, 4) is 11.3 Å². The van der Waals surface area contributed by atoms with Gasteiger partial charge >= 0.3 is 0 Å². The van der Waals surface area contributed by atoms with Gasteiger partial charge in [0.25, 0.3) is 0 Å². The largest absolute Gasteiger partial charge is 0.382 e. The summed E-state index contributed by atoms with van der Waals surface area (Å²) in [6.07, 6.45) is 9.64. The first-order valence-corrected chi connectivity index (χ1v) is 8.46. The van der Waals surface area contributed by atoms with Gasteiger partial charge in [-0.25, -0.2) is 19.5 Å². The molecule has 1 fully saturated rings. The summed E-state index contributed by atoms with van der Waals surface area (Å²) in [5.74, 6) is 1.20. The van der Waals surface area contributed by atoms with Crippen LogP contribution in [0.4, 0.5) is 11.6 Å². The predicted octanol–water partition coefficient (Wildman–Crippen LogP) is 2.99. The maximum Gasteiger partial charge on any atom is 0.166 e. The molecule has 3 aromatic heterocycles. The Morgan fingerprint density at radius 1 is 1.32 bits per heavy atom. The highest BCUT2D eigenvalue weighted by atomic mass is 15.3. The molecule has 0 aliphatic heterocycles. The fraction of sp³-hybridized carbons (Fsp3) is 0.333. The number of hydrogen-bond donors (Lipinski definition) is 2. The first-order valence-electron chi connectivity index (χ1n) is 8.46. The van der Waals surface area contributed by atoms with Crippen molar-refractivity contribution in [3.05, 3.63) is 42.5 Å². The normalized spacial score (nSPS) is 17.8. The monoisotopic (exact) mass is 335 g/mol. The third-order valence-corrected chi connectivity index (χ3v) is 4.52. The molecule has 1 saturated carbocycles. The van der Waals surface area contributed by atoms with Crippen LogP contribution in [0.1, 0.15) is 31.2 Å². The van der Waals surface area contributed by atoms with E-state index < -0.39 is 0 Å². The molecule has 0 aromatic carbocycles. The molecule has 1 atom stereocenters. The van der Waals surface area contributed by atoms with Gasteiger partial charge < -0.3 is 11.1 Å². The van der Waals surface area contributed by atoms with E-state index in [-0.39, 0.29) is 0 Å². The smallest absolute Gasteiger partial charge is 0.166 e. The van der Waals surface area contributed by atoms with E-state index in [0.29, 0.717) is 17.5 Å². The highest BCUT2D eigenvalue weighted by Gasteiger charge is 2.18. The van der Waals surface area contributed by atoms with Gasteiger partial charge in [-0.3, -0.25) is 0 Å². The van der Waals surface area contributed by atoms with Crippen LogP contribution in [0.2, 0.25) is 0 Å². The summed E-state index contributed by atoms with van der Waals surface area (Å²) in [5, 5.41) is 7.83. The van der Waals surface area contributed by atoms with Crippen LogP contribution < -0.4 is 11.1 Å². The van der Waals surface area contributed by atoms with Crippen LogP contribution in [-0.2, 0) is 0 Å². The average Bonchev–Trinajstić information content (AvgIpc) is 2.90. The van der Waals surface area contributed by atoms with Crippen LogP contribution in [0, 0.1) is 6.92 Å². The minimum absolute atomic E-state index is 0.367. The van der Waals surface area contributed by atoms with Crippen molar-refractivity contribution in [2.45, 2.75) is 38.6 Å². The lowest BCUT2D eigenvalue weighted by atomic mass is 9.92. The molecule has 4 rings (SSSR count). The second kappa shape index (κ2) is 6.16. The lowest BCUT2D eigenvalue weighted by Crippen LogP contribution is -2.23. The third-order valence-electron chi connectivity index (χ3n) is 4.52. The zero-order chi connectivity index (χ0) is 17.4. The fourth-order valence-electron chi connectivity index (χ4n) is 3.35. The second-order valence-corrected chi connectivity index (χ2v) is 6.64. The zero-order valence-electron chi connectivity index (χ0n) is 14.2. The van der Waals surface area contributed by atoms with E-state index >= 15 is 0 Å². The van der Waals surface area contributed by atoms with Crippen LogP contribution in [0.25, 0.3) is 16.9 Å². The van der Waals surface area contributed by atoms with Crippen molar-refractivity contribution >= 4 is 17.3 Å². The fourth-order valence-corrected chi connectivity index (χ4v) is 3.35. The Morgan fingerprint density at radius 3 is 3.04 bits per heavy atom. The molecule has 1 aliphatic rings. The van der Waals surface area contributed by atoms with Crippen molar-refractivity contribution in [3.63, 3.8) is 0 Å². The van der Waals surface area contributed by atoms with Crippen molar-refractivity contribution in [1.82, 2.24) is 24.6 Å². The van der Waals surface area contributed by atoms with E-state index in [1.807, 2.05) is 19.2 Å². The maximum absolute atomic E-state index is 6.12. The molecule has 0 radical (unpaired) electrons. The van der Waals surface area contributed by atoms with Crippen LogP contribution in [-0.4, -0.2) is 30.6 Å². The summed E-state index contributed by atoms with van der Waals surface area (Å²) >= 11 is 0. The Kier molecular flexibility index (Phi) is 3.83. The highest BCUT2D eigenvalue weighted by Crippen LogP contribution is 2.30. The van der Waals surface area contributed by atoms with Crippen molar-refractivity contribution < 1.29 is 0 Å². The van der Waals surface area contributed by atoms with E-state index in [9.17, 15) is 0 Å². The van der Waals surface area contributed by atoms with Gasteiger partial charge in [-0.2, -0.15) is 0 Å². The number of rotatable bonds is 3. The molecule has 7 nitrogen and oxygen atoms in total. The third kappa shape index (κ3) is 3.05. The number of nitrogen functional groups attached to an aromatic ring is 1. The Hall–Kier alpha value is -2.96. The Labute approximate surface area is 146 Å². The van der Waals surface area contributed by atoms with Gasteiger partial charge in [-0.15, -0.1) is 5.10 Å². The number of nitrogens with zero attached hydrogens (tertiary/aromatic N) is 5. The summed E-state index contributed by atoms with van der Waals surface area (Å²) in [4.78, 5) is 13.2. The number of anilines is 2. The molecule has 3 heterocycles. The summed E-state index contributed by atoms with van der Waals surface area (Å²) in [6.45, 7) is 6.08. The molecular weight excluding hydrogens is 314 g/mol. The summed E-state index contributed by atoms with van der Waals surface area (Å²) in [6, 6.07) is 2.28. The number of aryl methyl sites for hydroxylation is 1. The molecule has 128 valence electrons. The van der Waals surface area contributed by atoms with Crippen LogP contribution >= 0.6 is 0 Å². The average molecular weight is 335 g/mol. The Bertz CT molecular complexity index is 944. The lowest BCUT2D eigenvalue weighted by molar-refractivity contribution is 0.544. The molecule has 0 spiro atoms. The first-order chi connectivity index (χ1) is 12.1. The molecule has 3 N–H and O–H groups in total. The first kappa shape index (κ1) is 15.6. The molecular formula is C18H21N7. The topological polar surface area (TPSA) is 94.0 Å². The van der Waals surface area contributed by atoms with Gasteiger partial charge in [0.2, 0.25) is 0 Å². The molecule has 3 aromatic rings. The van der Waals surface area contributed by atoms with E-state index in [1.165, 1.54) is 12.0 Å². The SMILES string of the molecule is C=C1CCCC(Nc2cc(-c3c(N)nn4cc(C)cnc34)ncn2)C1. The highest BCUT2D eigenvalue weighted by molar-refractivity contribution is 5.84. The van der Waals surface area contributed by atoms with Crippen LogP contribution in [0.15, 0.2) is 36.9 Å². The number of fused-ring (bicyclic) bond motifs is 1. The van der Waals surface area contributed by atoms with Crippen molar-refractivity contribution in [1.29, 1.82) is 0 Å². The molecule has 25 heavy (non-hydrogen) atoms. The van der Waals surface area contributed by atoms with Crippen LogP contribution in [0.3, 0.4) is 0 Å². The molecule has 0 amide bonds. The quantitative estimate of drug-likeness (QED) is 0.715. The minimum Gasteiger partial charge on any atom is -0.382 e. The summed E-state index contributed by atoms with van der Waals surface area (Å²) < 4.78 is 1.69. The van der Waals surface area contributed by atoms with E-state index in [1.54, 1.807) is 17.0 Å². The molecule has 0 bridgehead atoms. The standard InChI is InChI=1S/C18H21N7/c1-11-4-3-5-13(6-11)23-15-7-14(21-10-22-15)16-17(19)24-25-9-12(2)8-20-18(16)25/h7-10,13H,1,3-6H2,2H3,(H2,19,24)(H,21,22,23). The molecule has 1 aliphatic carbocycles. The molecule has 1 unspecified atom stereocenters. The number of hydrogen-bond acceptors (Lipinski definition) is 6. The number of nitrogens with two attached hydrogens (primary N) is 1. The van der Waals surface area contributed by atoms with Crippen LogP contribution in [0.5, 0.6) is 0 Å². The Balaban J connectivity index is 1.68. The predicted molar refractivity (Wildman–Crippen MR) is 98.2 cm³/mol. The van der Waals surface area contributed by atoms with Gasteiger partial charge in [0.1, 0.15) is 12.1 Å². The van der Waals surface area contributed by atoms with Gasteiger partial charge in [-0.1, -0.05) is 12.2 Å².